The molecule has 0 atom stereocenters. The predicted molar refractivity (Wildman–Crippen MR) is 118 cm³/mol. The predicted octanol–water partition coefficient (Wildman–Crippen LogP) is 5.20. The molecule has 0 radical (unpaired) electrons. The standard InChI is InChI=1S/C22H22Cl2N4O2/c1-14-2-5-17(6-3-14)25-22(29)15-8-10-28(11-9-15)13-20-26-21(27-30-20)18-7-4-16(23)12-19(18)24/h2-7,12,15H,8-11,13H2,1H3,(H,25,29). The highest BCUT2D eigenvalue weighted by Gasteiger charge is 2.26. The summed E-state index contributed by atoms with van der Waals surface area (Å²) < 4.78 is 5.40. The smallest absolute Gasteiger partial charge is 0.241 e. The number of halogens is 2. The van der Waals surface area contributed by atoms with Gasteiger partial charge < -0.3 is 9.84 Å². The largest absolute Gasteiger partial charge is 0.338 e. The number of piperidine rings is 1. The van der Waals surface area contributed by atoms with E-state index in [-0.39, 0.29) is 11.8 Å². The van der Waals surface area contributed by atoms with E-state index in [1.165, 1.54) is 5.56 Å². The van der Waals surface area contributed by atoms with Crippen LogP contribution >= 0.6 is 23.2 Å². The fourth-order valence-corrected chi connectivity index (χ4v) is 4.02. The summed E-state index contributed by atoms with van der Waals surface area (Å²) in [6.45, 7) is 4.17. The monoisotopic (exact) mass is 444 g/mol. The highest BCUT2D eigenvalue weighted by molar-refractivity contribution is 6.36. The normalized spacial score (nSPS) is 15.3. The molecule has 1 fully saturated rings. The molecule has 156 valence electrons. The van der Waals surface area contributed by atoms with E-state index in [1.54, 1.807) is 18.2 Å². The van der Waals surface area contributed by atoms with Crippen molar-refractivity contribution >= 4 is 34.8 Å². The summed E-state index contributed by atoms with van der Waals surface area (Å²) >= 11 is 12.2. The van der Waals surface area contributed by atoms with Gasteiger partial charge in [0.2, 0.25) is 17.6 Å². The average Bonchev–Trinajstić information content (AvgIpc) is 3.18. The first kappa shape index (κ1) is 20.8. The first-order chi connectivity index (χ1) is 14.5. The van der Waals surface area contributed by atoms with Crippen LogP contribution < -0.4 is 5.32 Å². The van der Waals surface area contributed by atoms with Gasteiger partial charge >= 0.3 is 0 Å². The van der Waals surface area contributed by atoms with Crippen molar-refractivity contribution in [3.63, 3.8) is 0 Å². The Morgan fingerprint density at radius 1 is 1.17 bits per heavy atom. The number of hydrogen-bond donors (Lipinski definition) is 1. The number of carbonyl (C=O) groups is 1. The number of nitrogens with zero attached hydrogens (tertiary/aromatic N) is 3. The summed E-state index contributed by atoms with van der Waals surface area (Å²) in [5, 5.41) is 8.09. The van der Waals surface area contributed by atoms with Gasteiger partial charge in [-0.25, -0.2) is 0 Å². The third-order valence-corrected chi connectivity index (χ3v) is 5.82. The third kappa shape index (κ3) is 5.01. The van der Waals surface area contributed by atoms with Crippen LogP contribution in [0.2, 0.25) is 10.0 Å². The van der Waals surface area contributed by atoms with Crippen LogP contribution in [0.1, 0.15) is 24.3 Å². The molecular formula is C22H22Cl2N4O2. The second-order valence-corrected chi connectivity index (χ2v) is 8.39. The first-order valence-corrected chi connectivity index (χ1v) is 10.6. The summed E-state index contributed by atoms with van der Waals surface area (Å²) in [6, 6.07) is 13.0. The summed E-state index contributed by atoms with van der Waals surface area (Å²) in [5.74, 6) is 1.06. The fourth-order valence-electron chi connectivity index (χ4n) is 3.53. The second kappa shape index (κ2) is 9.16. The summed E-state index contributed by atoms with van der Waals surface area (Å²) in [5.41, 5.74) is 2.69. The second-order valence-electron chi connectivity index (χ2n) is 7.54. The molecule has 1 aromatic heterocycles. The van der Waals surface area contributed by atoms with Crippen molar-refractivity contribution in [3.05, 3.63) is 64.0 Å². The molecule has 0 saturated carbocycles. The van der Waals surface area contributed by atoms with Gasteiger partial charge in [0.1, 0.15) is 0 Å². The van der Waals surface area contributed by atoms with Crippen LogP contribution in [0.3, 0.4) is 0 Å². The molecule has 6 nitrogen and oxygen atoms in total. The van der Waals surface area contributed by atoms with Crippen molar-refractivity contribution in [2.45, 2.75) is 26.3 Å². The van der Waals surface area contributed by atoms with Crippen LogP contribution in [0.25, 0.3) is 11.4 Å². The van der Waals surface area contributed by atoms with Crippen molar-refractivity contribution in [2.75, 3.05) is 18.4 Å². The van der Waals surface area contributed by atoms with Gasteiger partial charge in [0.05, 0.1) is 11.6 Å². The lowest BCUT2D eigenvalue weighted by Crippen LogP contribution is -2.37. The van der Waals surface area contributed by atoms with Gasteiger partial charge in [-0.1, -0.05) is 46.1 Å². The fraction of sp³-hybridized carbons (Fsp3) is 0.318. The zero-order valence-electron chi connectivity index (χ0n) is 16.6. The van der Waals surface area contributed by atoms with Crippen LogP contribution in [0.5, 0.6) is 0 Å². The zero-order chi connectivity index (χ0) is 21.1. The molecule has 2 heterocycles. The number of aromatic nitrogens is 2. The Morgan fingerprint density at radius 2 is 1.90 bits per heavy atom. The number of amides is 1. The molecule has 2 aromatic carbocycles. The topological polar surface area (TPSA) is 71.3 Å². The van der Waals surface area contributed by atoms with E-state index in [2.05, 4.69) is 20.4 Å². The van der Waals surface area contributed by atoms with Crippen LogP contribution in [0.15, 0.2) is 47.0 Å². The lowest BCUT2D eigenvalue weighted by Gasteiger charge is -2.30. The summed E-state index contributed by atoms with van der Waals surface area (Å²) in [6.07, 6.45) is 1.59. The molecule has 3 aromatic rings. The maximum Gasteiger partial charge on any atom is 0.241 e. The number of aryl methyl sites for hydroxylation is 1. The van der Waals surface area contributed by atoms with E-state index in [1.807, 2.05) is 31.2 Å². The number of rotatable bonds is 5. The number of hydrogen-bond acceptors (Lipinski definition) is 5. The first-order valence-electron chi connectivity index (χ1n) is 9.86. The van der Waals surface area contributed by atoms with Crippen LogP contribution in [0, 0.1) is 12.8 Å². The van der Waals surface area contributed by atoms with Gasteiger partial charge in [0.15, 0.2) is 0 Å². The van der Waals surface area contributed by atoms with Crippen molar-refractivity contribution in [1.82, 2.24) is 15.0 Å². The Balaban J connectivity index is 1.30. The van der Waals surface area contributed by atoms with E-state index in [0.29, 0.717) is 33.9 Å². The molecule has 1 aliphatic heterocycles. The van der Waals surface area contributed by atoms with Gasteiger partial charge in [0, 0.05) is 22.2 Å². The molecule has 0 aliphatic carbocycles. The van der Waals surface area contributed by atoms with Crippen molar-refractivity contribution in [3.8, 4) is 11.4 Å². The molecule has 0 spiro atoms. The SMILES string of the molecule is Cc1ccc(NC(=O)C2CCN(Cc3nc(-c4ccc(Cl)cc4Cl)no3)CC2)cc1. The average molecular weight is 445 g/mol. The highest BCUT2D eigenvalue weighted by atomic mass is 35.5. The lowest BCUT2D eigenvalue weighted by atomic mass is 9.96. The molecule has 1 saturated heterocycles. The van der Waals surface area contributed by atoms with Crippen molar-refractivity contribution in [2.24, 2.45) is 5.92 Å². The number of likely N-dealkylation sites (tertiary alicyclic amines) is 1. The molecule has 4 rings (SSSR count). The maximum atomic E-state index is 12.5. The van der Waals surface area contributed by atoms with Crippen LogP contribution in [-0.2, 0) is 11.3 Å². The number of anilines is 1. The summed E-state index contributed by atoms with van der Waals surface area (Å²) in [4.78, 5) is 19.2. The Morgan fingerprint density at radius 3 is 2.60 bits per heavy atom. The minimum absolute atomic E-state index is 0.00803. The molecule has 1 amide bonds. The Hall–Kier alpha value is -2.41. The Bertz CT molecular complexity index is 1030. The molecular weight excluding hydrogens is 423 g/mol. The van der Waals surface area contributed by atoms with E-state index in [9.17, 15) is 4.79 Å². The quantitative estimate of drug-likeness (QED) is 0.585. The van der Waals surface area contributed by atoms with Crippen molar-refractivity contribution < 1.29 is 9.32 Å². The van der Waals surface area contributed by atoms with Crippen molar-refractivity contribution in [1.29, 1.82) is 0 Å². The Labute approximate surface area is 185 Å². The number of carbonyl (C=O) groups excluding carboxylic acids is 1. The molecule has 1 N–H and O–H groups in total. The van der Waals surface area contributed by atoms with E-state index < -0.39 is 0 Å². The maximum absolute atomic E-state index is 12.5. The molecule has 8 heteroatoms. The highest BCUT2D eigenvalue weighted by Crippen LogP contribution is 2.29. The number of nitrogens with one attached hydrogen (secondary N) is 1. The molecule has 0 unspecified atom stereocenters. The minimum Gasteiger partial charge on any atom is -0.338 e. The van der Waals surface area contributed by atoms with Crippen LogP contribution in [0.4, 0.5) is 5.69 Å². The zero-order valence-corrected chi connectivity index (χ0v) is 18.1. The molecule has 30 heavy (non-hydrogen) atoms. The third-order valence-electron chi connectivity index (χ3n) is 5.28. The molecule has 1 aliphatic rings. The van der Waals surface area contributed by atoms with Crippen LogP contribution in [-0.4, -0.2) is 34.0 Å². The van der Waals surface area contributed by atoms with E-state index in [0.717, 1.165) is 31.6 Å². The lowest BCUT2D eigenvalue weighted by molar-refractivity contribution is -0.121. The number of benzene rings is 2. The molecule has 0 bridgehead atoms. The van der Waals surface area contributed by atoms with Gasteiger partial charge in [0.25, 0.3) is 0 Å². The summed E-state index contributed by atoms with van der Waals surface area (Å²) in [7, 11) is 0. The van der Waals surface area contributed by atoms with E-state index >= 15 is 0 Å². The van der Waals surface area contributed by atoms with Gasteiger partial charge in [-0.05, 0) is 63.2 Å². The minimum atomic E-state index is 0.00803. The van der Waals surface area contributed by atoms with Gasteiger partial charge in [-0.15, -0.1) is 0 Å². The van der Waals surface area contributed by atoms with E-state index in [4.69, 9.17) is 27.7 Å². The van der Waals surface area contributed by atoms with Gasteiger partial charge in [-0.2, -0.15) is 4.98 Å². The Kier molecular flexibility index (Phi) is 6.37. The van der Waals surface area contributed by atoms with Gasteiger partial charge in [-0.3, -0.25) is 9.69 Å².